The Balaban J connectivity index is 2.80. The molecule has 0 amide bonds. The molecular weight excluding hydrogens is 214 g/mol. The number of aromatic carboxylic acids is 1. The van der Waals surface area contributed by atoms with Crippen molar-refractivity contribution in [3.8, 4) is 0 Å². The molecule has 0 atom stereocenters. The first-order valence-corrected chi connectivity index (χ1v) is 5.91. The van der Waals surface area contributed by atoms with Crippen molar-refractivity contribution in [3.63, 3.8) is 0 Å². The van der Waals surface area contributed by atoms with E-state index in [-0.39, 0.29) is 6.04 Å². The highest BCUT2D eigenvalue weighted by Gasteiger charge is 2.15. The molecule has 0 unspecified atom stereocenters. The molecule has 0 aliphatic heterocycles. The lowest BCUT2D eigenvalue weighted by Crippen LogP contribution is -2.05. The van der Waals surface area contributed by atoms with E-state index in [1.807, 2.05) is 23.8 Å². The minimum atomic E-state index is -0.856. The topological polar surface area (TPSA) is 42.2 Å². The van der Waals surface area contributed by atoms with E-state index in [9.17, 15) is 9.90 Å². The number of nitrogens with zero attached hydrogens (tertiary/aromatic N) is 1. The Morgan fingerprint density at radius 1 is 1.41 bits per heavy atom. The first-order valence-electron chi connectivity index (χ1n) is 5.91. The van der Waals surface area contributed by atoms with Crippen molar-refractivity contribution in [1.82, 2.24) is 4.57 Å². The van der Waals surface area contributed by atoms with Gasteiger partial charge in [0.2, 0.25) is 0 Å². The summed E-state index contributed by atoms with van der Waals surface area (Å²) in [5.41, 5.74) is 2.29. The van der Waals surface area contributed by atoms with Crippen molar-refractivity contribution in [3.05, 3.63) is 35.5 Å². The van der Waals surface area contributed by atoms with E-state index in [0.717, 1.165) is 22.9 Å². The molecule has 2 aromatic rings. The Bertz CT molecular complexity index is 567. The lowest BCUT2D eigenvalue weighted by Gasteiger charge is -2.12. The maximum Gasteiger partial charge on any atom is 0.337 e. The summed E-state index contributed by atoms with van der Waals surface area (Å²) in [6.07, 6.45) is 2.81. The lowest BCUT2D eigenvalue weighted by atomic mass is 10.0. The SMILES string of the molecule is CCc1cc(C(=O)O)c2c(ccn2C(C)C)c1. The standard InChI is InChI=1S/C14H17NO2/c1-4-10-7-11-5-6-15(9(2)3)13(11)12(8-10)14(16)17/h5-9H,4H2,1-3H3,(H,16,17). The van der Waals surface area contributed by atoms with E-state index in [0.29, 0.717) is 5.56 Å². The minimum Gasteiger partial charge on any atom is -0.478 e. The maximum atomic E-state index is 11.3. The van der Waals surface area contributed by atoms with Gasteiger partial charge >= 0.3 is 5.97 Å². The van der Waals surface area contributed by atoms with E-state index in [1.165, 1.54) is 0 Å². The highest BCUT2D eigenvalue weighted by molar-refractivity contribution is 6.02. The molecule has 17 heavy (non-hydrogen) atoms. The number of rotatable bonds is 3. The molecule has 1 heterocycles. The van der Waals surface area contributed by atoms with Crippen molar-refractivity contribution in [1.29, 1.82) is 0 Å². The lowest BCUT2D eigenvalue weighted by molar-refractivity contribution is 0.0698. The van der Waals surface area contributed by atoms with Crippen molar-refractivity contribution in [2.75, 3.05) is 0 Å². The second-order valence-electron chi connectivity index (χ2n) is 4.56. The Labute approximate surface area is 101 Å². The molecule has 0 saturated carbocycles. The summed E-state index contributed by atoms with van der Waals surface area (Å²) in [5, 5.41) is 10.3. The molecule has 0 fully saturated rings. The van der Waals surface area contributed by atoms with Crippen LogP contribution in [0.25, 0.3) is 10.9 Å². The number of hydrogen-bond acceptors (Lipinski definition) is 1. The van der Waals surface area contributed by atoms with Crippen molar-refractivity contribution in [2.24, 2.45) is 0 Å². The summed E-state index contributed by atoms with van der Waals surface area (Å²) in [4.78, 5) is 11.3. The van der Waals surface area contributed by atoms with Crippen LogP contribution in [0.2, 0.25) is 0 Å². The molecule has 0 aliphatic carbocycles. The second-order valence-corrected chi connectivity index (χ2v) is 4.56. The van der Waals surface area contributed by atoms with Gasteiger partial charge in [-0.1, -0.05) is 6.92 Å². The Morgan fingerprint density at radius 3 is 2.65 bits per heavy atom. The van der Waals surface area contributed by atoms with E-state index >= 15 is 0 Å². The van der Waals surface area contributed by atoms with Crippen LogP contribution in [0.4, 0.5) is 0 Å². The molecule has 0 spiro atoms. The summed E-state index contributed by atoms with van der Waals surface area (Å²) in [5.74, 6) is -0.856. The summed E-state index contributed by atoms with van der Waals surface area (Å²) >= 11 is 0. The highest BCUT2D eigenvalue weighted by atomic mass is 16.4. The molecular formula is C14H17NO2. The quantitative estimate of drug-likeness (QED) is 0.878. The van der Waals surface area contributed by atoms with Gasteiger partial charge in [0.25, 0.3) is 0 Å². The number of hydrogen-bond donors (Lipinski definition) is 1. The molecule has 0 saturated heterocycles. The van der Waals surface area contributed by atoms with Gasteiger partial charge in [-0.05, 0) is 44.0 Å². The number of fused-ring (bicyclic) bond motifs is 1. The third-order valence-electron chi connectivity index (χ3n) is 3.07. The monoisotopic (exact) mass is 231 g/mol. The summed E-state index contributed by atoms with van der Waals surface area (Å²) in [6.45, 7) is 6.14. The number of aryl methyl sites for hydroxylation is 1. The van der Waals surface area contributed by atoms with Crippen molar-refractivity contribution >= 4 is 16.9 Å². The van der Waals surface area contributed by atoms with Crippen LogP contribution in [-0.4, -0.2) is 15.6 Å². The van der Waals surface area contributed by atoms with Gasteiger partial charge in [-0.25, -0.2) is 4.79 Å². The van der Waals surface area contributed by atoms with Crippen LogP contribution in [-0.2, 0) is 6.42 Å². The third kappa shape index (κ3) is 1.93. The summed E-state index contributed by atoms with van der Waals surface area (Å²) in [7, 11) is 0. The van der Waals surface area contributed by atoms with Crippen LogP contribution in [0, 0.1) is 0 Å². The van der Waals surface area contributed by atoms with Crippen LogP contribution >= 0.6 is 0 Å². The molecule has 3 nitrogen and oxygen atoms in total. The average Bonchev–Trinajstić information content (AvgIpc) is 2.70. The fraction of sp³-hybridized carbons (Fsp3) is 0.357. The molecule has 0 aliphatic rings. The summed E-state index contributed by atoms with van der Waals surface area (Å²) < 4.78 is 2.01. The van der Waals surface area contributed by atoms with Gasteiger partial charge in [0, 0.05) is 17.6 Å². The Kier molecular flexibility index (Phi) is 2.92. The van der Waals surface area contributed by atoms with Gasteiger partial charge in [0.1, 0.15) is 0 Å². The predicted molar refractivity (Wildman–Crippen MR) is 68.7 cm³/mol. The summed E-state index contributed by atoms with van der Waals surface area (Å²) in [6, 6.07) is 6.10. The first-order chi connectivity index (χ1) is 8.04. The zero-order valence-corrected chi connectivity index (χ0v) is 10.4. The van der Waals surface area contributed by atoms with E-state index in [4.69, 9.17) is 0 Å². The number of carbonyl (C=O) groups is 1. The Hall–Kier alpha value is -1.77. The van der Waals surface area contributed by atoms with Crippen LogP contribution in [0.3, 0.4) is 0 Å². The largest absolute Gasteiger partial charge is 0.478 e. The number of aromatic nitrogens is 1. The third-order valence-corrected chi connectivity index (χ3v) is 3.07. The van der Waals surface area contributed by atoms with Gasteiger partial charge in [-0.3, -0.25) is 0 Å². The smallest absolute Gasteiger partial charge is 0.337 e. The van der Waals surface area contributed by atoms with E-state index in [1.54, 1.807) is 6.07 Å². The fourth-order valence-corrected chi connectivity index (χ4v) is 2.17. The van der Waals surface area contributed by atoms with E-state index < -0.39 is 5.97 Å². The van der Waals surface area contributed by atoms with Crippen LogP contribution in [0.15, 0.2) is 24.4 Å². The normalized spacial score (nSPS) is 11.3. The molecule has 0 bridgehead atoms. The molecule has 1 N–H and O–H groups in total. The molecule has 0 radical (unpaired) electrons. The number of carboxylic acid groups (broad SMARTS) is 1. The zero-order valence-electron chi connectivity index (χ0n) is 10.4. The average molecular weight is 231 g/mol. The Morgan fingerprint density at radius 2 is 2.12 bits per heavy atom. The van der Waals surface area contributed by atoms with Crippen LogP contribution in [0.1, 0.15) is 42.7 Å². The molecule has 1 aromatic carbocycles. The minimum absolute atomic E-state index is 0.262. The molecule has 90 valence electrons. The zero-order chi connectivity index (χ0) is 12.6. The van der Waals surface area contributed by atoms with Gasteiger partial charge in [0.05, 0.1) is 11.1 Å². The van der Waals surface area contributed by atoms with Gasteiger partial charge in [-0.2, -0.15) is 0 Å². The number of carboxylic acids is 1. The maximum absolute atomic E-state index is 11.3. The second kappa shape index (κ2) is 4.24. The van der Waals surface area contributed by atoms with Crippen LogP contribution in [0.5, 0.6) is 0 Å². The van der Waals surface area contributed by atoms with Gasteiger partial charge < -0.3 is 9.67 Å². The molecule has 1 aromatic heterocycles. The van der Waals surface area contributed by atoms with Gasteiger partial charge in [0.15, 0.2) is 0 Å². The fourth-order valence-electron chi connectivity index (χ4n) is 2.17. The molecule has 3 heteroatoms. The predicted octanol–water partition coefficient (Wildman–Crippen LogP) is 3.48. The van der Waals surface area contributed by atoms with Crippen molar-refractivity contribution < 1.29 is 9.90 Å². The number of benzene rings is 1. The van der Waals surface area contributed by atoms with E-state index in [2.05, 4.69) is 19.9 Å². The first kappa shape index (κ1) is 11.7. The van der Waals surface area contributed by atoms with Crippen molar-refractivity contribution in [2.45, 2.75) is 33.2 Å². The molecule has 2 rings (SSSR count). The highest BCUT2D eigenvalue weighted by Crippen LogP contribution is 2.25. The van der Waals surface area contributed by atoms with Gasteiger partial charge in [-0.15, -0.1) is 0 Å². The van der Waals surface area contributed by atoms with Crippen LogP contribution < -0.4 is 0 Å².